The Morgan fingerprint density at radius 1 is 1.41 bits per heavy atom. The maximum absolute atomic E-state index is 11.3. The zero-order valence-electron chi connectivity index (χ0n) is 9.89. The molecule has 0 saturated heterocycles. The molecule has 17 heavy (non-hydrogen) atoms. The van der Waals surface area contributed by atoms with Gasteiger partial charge in [0.25, 0.3) is 0 Å². The van der Waals surface area contributed by atoms with Crippen molar-refractivity contribution >= 4 is 29.1 Å². The van der Waals surface area contributed by atoms with Crippen molar-refractivity contribution in [1.29, 1.82) is 0 Å². The number of amides is 1. The van der Waals surface area contributed by atoms with Crippen LogP contribution in [0.3, 0.4) is 0 Å². The second kappa shape index (κ2) is 6.84. The van der Waals surface area contributed by atoms with E-state index in [1.165, 1.54) is 0 Å². The Labute approximate surface area is 111 Å². The summed E-state index contributed by atoms with van der Waals surface area (Å²) in [6.45, 7) is 4.75. The monoisotopic (exact) mass is 274 g/mol. The maximum Gasteiger partial charge on any atom is 0.233 e. The van der Waals surface area contributed by atoms with Crippen LogP contribution in [0, 0.1) is 0 Å². The molecule has 1 amide bonds. The fraction of sp³-hybridized carbons (Fsp3) is 0.417. The highest BCUT2D eigenvalue weighted by atomic mass is 35.5. The Kier molecular flexibility index (Phi) is 5.75. The Bertz CT molecular complexity index is 396. The molecular formula is C12H16Cl2N2O. The standard InChI is InChI=1S/C12H16Cl2N2O/c1-3-15-12(17)7-16-8(2)10-5-4-9(13)6-11(10)14/h4-6,8,16H,3,7H2,1-2H3,(H,15,17). The maximum atomic E-state index is 11.3. The lowest BCUT2D eigenvalue weighted by Gasteiger charge is -2.15. The Hall–Kier alpha value is -0.770. The normalized spacial score (nSPS) is 12.2. The molecule has 0 saturated carbocycles. The lowest BCUT2D eigenvalue weighted by molar-refractivity contribution is -0.120. The molecule has 3 nitrogen and oxygen atoms in total. The molecule has 0 radical (unpaired) electrons. The highest BCUT2D eigenvalue weighted by Crippen LogP contribution is 2.25. The lowest BCUT2D eigenvalue weighted by atomic mass is 10.1. The third-order valence-electron chi connectivity index (χ3n) is 2.37. The first-order valence-corrected chi connectivity index (χ1v) is 6.25. The van der Waals surface area contributed by atoms with Crippen LogP contribution in [0.15, 0.2) is 18.2 Å². The molecule has 94 valence electrons. The average Bonchev–Trinajstić information content (AvgIpc) is 2.26. The van der Waals surface area contributed by atoms with E-state index in [1.54, 1.807) is 12.1 Å². The summed E-state index contributed by atoms with van der Waals surface area (Å²) in [6, 6.07) is 5.35. The predicted molar refractivity (Wildman–Crippen MR) is 71.6 cm³/mol. The number of nitrogens with one attached hydrogen (secondary N) is 2. The fourth-order valence-corrected chi connectivity index (χ4v) is 2.04. The summed E-state index contributed by atoms with van der Waals surface area (Å²) >= 11 is 11.9. The third-order valence-corrected chi connectivity index (χ3v) is 2.93. The summed E-state index contributed by atoms with van der Waals surface area (Å²) in [5.41, 5.74) is 0.931. The van der Waals surface area contributed by atoms with Gasteiger partial charge in [-0.2, -0.15) is 0 Å². The van der Waals surface area contributed by atoms with E-state index in [0.29, 0.717) is 16.6 Å². The molecule has 0 spiro atoms. The Morgan fingerprint density at radius 2 is 2.12 bits per heavy atom. The zero-order valence-corrected chi connectivity index (χ0v) is 11.4. The van der Waals surface area contributed by atoms with E-state index in [-0.39, 0.29) is 18.5 Å². The van der Waals surface area contributed by atoms with E-state index < -0.39 is 0 Å². The molecule has 1 aromatic rings. The minimum absolute atomic E-state index is 0.00220. The highest BCUT2D eigenvalue weighted by molar-refractivity contribution is 6.35. The van der Waals surface area contributed by atoms with Gasteiger partial charge in [0, 0.05) is 22.6 Å². The zero-order chi connectivity index (χ0) is 12.8. The minimum Gasteiger partial charge on any atom is -0.355 e. The molecule has 1 atom stereocenters. The van der Waals surface area contributed by atoms with Crippen LogP contribution in [0.4, 0.5) is 0 Å². The summed E-state index contributed by atoms with van der Waals surface area (Å²) in [5, 5.41) is 7.04. The van der Waals surface area contributed by atoms with Gasteiger partial charge in [0.15, 0.2) is 0 Å². The first-order chi connectivity index (χ1) is 8.04. The molecule has 2 N–H and O–H groups in total. The van der Waals surface area contributed by atoms with Crippen molar-refractivity contribution in [1.82, 2.24) is 10.6 Å². The molecule has 5 heteroatoms. The van der Waals surface area contributed by atoms with Gasteiger partial charge >= 0.3 is 0 Å². The quantitative estimate of drug-likeness (QED) is 0.867. The van der Waals surface area contributed by atoms with Crippen LogP contribution in [-0.2, 0) is 4.79 Å². The van der Waals surface area contributed by atoms with E-state index >= 15 is 0 Å². The van der Waals surface area contributed by atoms with Crippen LogP contribution in [0.1, 0.15) is 25.5 Å². The van der Waals surface area contributed by atoms with Crippen LogP contribution in [0.5, 0.6) is 0 Å². The van der Waals surface area contributed by atoms with Crippen LogP contribution in [0.25, 0.3) is 0 Å². The molecule has 1 rings (SSSR count). The van der Waals surface area contributed by atoms with Crippen LogP contribution < -0.4 is 10.6 Å². The van der Waals surface area contributed by atoms with E-state index in [1.807, 2.05) is 19.9 Å². The Balaban J connectivity index is 2.57. The van der Waals surface area contributed by atoms with Gasteiger partial charge in [-0.05, 0) is 31.5 Å². The summed E-state index contributed by atoms with van der Waals surface area (Å²) in [7, 11) is 0. The molecule has 0 heterocycles. The van der Waals surface area contributed by atoms with Gasteiger partial charge in [0.05, 0.1) is 6.54 Å². The van der Waals surface area contributed by atoms with Gasteiger partial charge in [0.1, 0.15) is 0 Å². The highest BCUT2D eigenvalue weighted by Gasteiger charge is 2.10. The van der Waals surface area contributed by atoms with E-state index in [9.17, 15) is 4.79 Å². The van der Waals surface area contributed by atoms with Gasteiger partial charge in [-0.1, -0.05) is 29.3 Å². The molecule has 0 aliphatic rings. The number of hydrogen-bond donors (Lipinski definition) is 2. The first-order valence-electron chi connectivity index (χ1n) is 5.49. The number of carbonyl (C=O) groups is 1. The summed E-state index contributed by atoms with van der Waals surface area (Å²) in [4.78, 5) is 11.3. The number of carbonyl (C=O) groups excluding carboxylic acids is 1. The van der Waals surface area contributed by atoms with Crippen molar-refractivity contribution in [2.24, 2.45) is 0 Å². The van der Waals surface area contributed by atoms with Gasteiger partial charge in [-0.25, -0.2) is 0 Å². The second-order valence-corrected chi connectivity index (χ2v) is 4.57. The number of benzene rings is 1. The molecule has 0 bridgehead atoms. The number of halogens is 2. The number of rotatable bonds is 5. The largest absolute Gasteiger partial charge is 0.355 e. The van der Waals surface area contributed by atoms with Crippen LogP contribution >= 0.6 is 23.2 Å². The van der Waals surface area contributed by atoms with Crippen molar-refractivity contribution < 1.29 is 4.79 Å². The van der Waals surface area contributed by atoms with Crippen molar-refractivity contribution in [3.05, 3.63) is 33.8 Å². The third kappa shape index (κ3) is 4.54. The average molecular weight is 275 g/mol. The van der Waals surface area contributed by atoms with Gasteiger partial charge in [-0.15, -0.1) is 0 Å². The molecular weight excluding hydrogens is 259 g/mol. The van der Waals surface area contributed by atoms with Crippen molar-refractivity contribution in [2.45, 2.75) is 19.9 Å². The summed E-state index contributed by atoms with van der Waals surface area (Å²) < 4.78 is 0. The molecule has 0 aromatic heterocycles. The van der Waals surface area contributed by atoms with Crippen molar-refractivity contribution in [2.75, 3.05) is 13.1 Å². The molecule has 0 fully saturated rings. The molecule has 0 aliphatic carbocycles. The summed E-state index contributed by atoms with van der Waals surface area (Å²) in [5.74, 6) is -0.0237. The SMILES string of the molecule is CCNC(=O)CNC(C)c1ccc(Cl)cc1Cl. The first kappa shape index (κ1) is 14.3. The topological polar surface area (TPSA) is 41.1 Å². The van der Waals surface area contributed by atoms with Gasteiger partial charge < -0.3 is 10.6 Å². The molecule has 0 aliphatic heterocycles. The minimum atomic E-state index is -0.0237. The van der Waals surface area contributed by atoms with Crippen molar-refractivity contribution in [3.63, 3.8) is 0 Å². The van der Waals surface area contributed by atoms with Crippen LogP contribution in [-0.4, -0.2) is 19.0 Å². The fourth-order valence-electron chi connectivity index (χ4n) is 1.47. The smallest absolute Gasteiger partial charge is 0.233 e. The molecule has 1 unspecified atom stereocenters. The van der Waals surface area contributed by atoms with Gasteiger partial charge in [0.2, 0.25) is 5.91 Å². The Morgan fingerprint density at radius 3 is 2.71 bits per heavy atom. The summed E-state index contributed by atoms with van der Waals surface area (Å²) in [6.07, 6.45) is 0. The van der Waals surface area contributed by atoms with Crippen molar-refractivity contribution in [3.8, 4) is 0 Å². The molecule has 1 aromatic carbocycles. The number of likely N-dealkylation sites (N-methyl/N-ethyl adjacent to an activating group) is 1. The second-order valence-electron chi connectivity index (χ2n) is 3.72. The lowest BCUT2D eigenvalue weighted by Crippen LogP contribution is -2.34. The predicted octanol–water partition coefficient (Wildman–Crippen LogP) is 2.78. The number of hydrogen-bond acceptors (Lipinski definition) is 2. The van der Waals surface area contributed by atoms with E-state index in [2.05, 4.69) is 10.6 Å². The van der Waals surface area contributed by atoms with Crippen LogP contribution in [0.2, 0.25) is 10.0 Å². The van der Waals surface area contributed by atoms with Gasteiger partial charge in [-0.3, -0.25) is 4.79 Å². The van der Waals surface area contributed by atoms with E-state index in [0.717, 1.165) is 5.56 Å². The van der Waals surface area contributed by atoms with E-state index in [4.69, 9.17) is 23.2 Å².